The lowest BCUT2D eigenvalue weighted by Crippen LogP contribution is -2.17. The number of nitrogens with zero attached hydrogens (tertiary/aromatic N) is 2. The van der Waals surface area contributed by atoms with E-state index in [-0.39, 0.29) is 27.8 Å². The molecule has 0 bridgehead atoms. The molecule has 1 N–H and O–H groups in total. The van der Waals surface area contributed by atoms with Crippen molar-refractivity contribution in [2.45, 2.75) is 16.2 Å². The third-order valence-corrected chi connectivity index (χ3v) is 4.93. The van der Waals surface area contributed by atoms with Crippen LogP contribution >= 0.6 is 0 Å². The van der Waals surface area contributed by atoms with Crippen LogP contribution in [0.4, 0.5) is 0 Å². The Hall–Kier alpha value is -3.07. The molecule has 0 aliphatic rings. The van der Waals surface area contributed by atoms with Gasteiger partial charge in [-0.05, 0) is 18.2 Å². The number of aromatic amines is 1. The minimum atomic E-state index is -3.74. The Bertz CT molecular complexity index is 975. The van der Waals surface area contributed by atoms with Crippen LogP contribution in [0, 0.1) is 0 Å². The molecule has 24 heavy (non-hydrogen) atoms. The van der Waals surface area contributed by atoms with Crippen molar-refractivity contribution in [3.05, 3.63) is 60.6 Å². The normalized spacial score (nSPS) is 11.3. The predicted octanol–water partition coefficient (Wildman–Crippen LogP) is 1.22. The number of sulfone groups is 1. The fourth-order valence-corrected chi connectivity index (χ4v) is 3.26. The average molecular weight is 345 g/mol. The van der Waals surface area contributed by atoms with Crippen LogP contribution < -0.4 is 0 Å². The zero-order valence-corrected chi connectivity index (χ0v) is 13.0. The van der Waals surface area contributed by atoms with E-state index in [0.29, 0.717) is 0 Å². The Morgan fingerprint density at radius 3 is 2.54 bits per heavy atom. The van der Waals surface area contributed by atoms with Crippen LogP contribution in [0.15, 0.2) is 63.2 Å². The molecule has 0 aliphatic carbocycles. The van der Waals surface area contributed by atoms with Crippen LogP contribution in [-0.2, 0) is 21.1 Å². The van der Waals surface area contributed by atoms with Gasteiger partial charge in [-0.2, -0.15) is 0 Å². The summed E-state index contributed by atoms with van der Waals surface area (Å²) in [6, 6.07) is 9.05. The highest BCUT2D eigenvalue weighted by atomic mass is 32.2. The molecule has 2 heterocycles. The maximum atomic E-state index is 12.4. The number of carbonyl (C=O) groups excluding carboxylic acids is 2. The van der Waals surface area contributed by atoms with E-state index in [1.165, 1.54) is 24.5 Å². The summed E-state index contributed by atoms with van der Waals surface area (Å²) in [5.41, 5.74) is 0. The number of hydrogen-bond donors (Lipinski definition) is 1. The molecule has 8 nitrogen and oxygen atoms in total. The molecule has 122 valence electrons. The van der Waals surface area contributed by atoms with E-state index in [9.17, 15) is 18.0 Å². The first-order valence-corrected chi connectivity index (χ1v) is 8.27. The fraction of sp³-hybridized carbons (Fsp3) is 0.0667. The van der Waals surface area contributed by atoms with Gasteiger partial charge in [-0.1, -0.05) is 18.2 Å². The third-order valence-electron chi connectivity index (χ3n) is 3.20. The van der Waals surface area contributed by atoms with Gasteiger partial charge in [-0.15, -0.1) is 5.10 Å². The van der Waals surface area contributed by atoms with E-state index >= 15 is 0 Å². The van der Waals surface area contributed by atoms with Crippen LogP contribution in [0.5, 0.6) is 0 Å². The molecule has 0 unspecified atom stereocenters. The number of ketones is 2. The largest absolute Gasteiger partial charge is 0.467 e. The van der Waals surface area contributed by atoms with Crippen molar-refractivity contribution in [3.8, 4) is 0 Å². The molecular formula is C15H11N3O5S. The number of furan rings is 1. The van der Waals surface area contributed by atoms with Gasteiger partial charge in [0.2, 0.25) is 21.4 Å². The molecular weight excluding hydrogens is 334 g/mol. The minimum Gasteiger partial charge on any atom is -0.467 e. The van der Waals surface area contributed by atoms with Crippen molar-refractivity contribution in [3.63, 3.8) is 0 Å². The van der Waals surface area contributed by atoms with Gasteiger partial charge in [0.1, 0.15) is 23.2 Å². The maximum absolute atomic E-state index is 12.4. The zero-order chi connectivity index (χ0) is 17.2. The van der Waals surface area contributed by atoms with Crippen LogP contribution in [0.1, 0.15) is 16.4 Å². The summed E-state index contributed by atoms with van der Waals surface area (Å²) in [6.07, 6.45) is 1.85. The second-order valence-corrected chi connectivity index (χ2v) is 6.77. The van der Waals surface area contributed by atoms with E-state index in [1.54, 1.807) is 18.2 Å². The molecule has 2 aromatic heterocycles. The molecule has 0 radical (unpaired) electrons. The molecule has 3 rings (SSSR count). The Balaban J connectivity index is 1.79. The molecule has 9 heteroatoms. The zero-order valence-electron chi connectivity index (χ0n) is 12.2. The number of rotatable bonds is 6. The smallest absolute Gasteiger partial charge is 0.268 e. The standard InChI is InChI=1S/C15H11N3O5S/c19-13(14(20)15-16-9-17-18-15)7-10-6-12(8-23-10)24(21,22)11-4-2-1-3-5-11/h1-6,8-9H,7H2,(H,16,17,18). The minimum absolute atomic E-state index is 0.0680. The highest BCUT2D eigenvalue weighted by Crippen LogP contribution is 2.23. The second-order valence-electron chi connectivity index (χ2n) is 4.82. The van der Waals surface area contributed by atoms with Gasteiger partial charge in [-0.3, -0.25) is 14.7 Å². The monoisotopic (exact) mass is 345 g/mol. The van der Waals surface area contributed by atoms with Gasteiger partial charge < -0.3 is 4.42 Å². The summed E-state index contributed by atoms with van der Waals surface area (Å²) in [6.45, 7) is 0. The Kier molecular flexibility index (Phi) is 4.09. The lowest BCUT2D eigenvalue weighted by molar-refractivity contribution is -0.114. The SMILES string of the molecule is O=C(Cc1cc(S(=O)(=O)c2ccccc2)co1)C(=O)c1nc[nH]n1. The fourth-order valence-electron chi connectivity index (χ4n) is 2.01. The van der Waals surface area contributed by atoms with Gasteiger partial charge >= 0.3 is 0 Å². The summed E-state index contributed by atoms with van der Waals surface area (Å²) in [4.78, 5) is 27.3. The van der Waals surface area contributed by atoms with E-state index < -0.39 is 21.4 Å². The van der Waals surface area contributed by atoms with Gasteiger partial charge in [0.25, 0.3) is 5.78 Å². The first-order chi connectivity index (χ1) is 11.5. The Morgan fingerprint density at radius 2 is 1.88 bits per heavy atom. The summed E-state index contributed by atoms with van der Waals surface area (Å²) in [7, 11) is -3.74. The number of carbonyl (C=O) groups is 2. The summed E-state index contributed by atoms with van der Waals surface area (Å²) < 4.78 is 29.9. The van der Waals surface area contributed by atoms with Crippen LogP contribution in [-0.4, -0.2) is 35.2 Å². The first-order valence-electron chi connectivity index (χ1n) is 6.79. The van der Waals surface area contributed by atoms with Crippen LogP contribution in [0.2, 0.25) is 0 Å². The summed E-state index contributed by atoms with van der Waals surface area (Å²) in [5, 5.41) is 5.86. The molecule has 0 saturated heterocycles. The van der Waals surface area contributed by atoms with Crippen molar-refractivity contribution < 1.29 is 22.4 Å². The van der Waals surface area contributed by atoms with Crippen LogP contribution in [0.3, 0.4) is 0 Å². The van der Waals surface area contributed by atoms with Crippen molar-refractivity contribution in [1.82, 2.24) is 15.2 Å². The molecule has 0 atom stereocenters. The molecule has 0 saturated carbocycles. The van der Waals surface area contributed by atoms with E-state index in [2.05, 4.69) is 15.2 Å². The second kappa shape index (κ2) is 6.20. The van der Waals surface area contributed by atoms with E-state index in [4.69, 9.17) is 4.42 Å². The van der Waals surface area contributed by atoms with Crippen molar-refractivity contribution in [2.24, 2.45) is 0 Å². The van der Waals surface area contributed by atoms with E-state index in [1.807, 2.05) is 0 Å². The molecule has 0 spiro atoms. The highest BCUT2D eigenvalue weighted by molar-refractivity contribution is 7.91. The summed E-state index contributed by atoms with van der Waals surface area (Å²) >= 11 is 0. The molecule has 1 aromatic carbocycles. The van der Waals surface area contributed by atoms with Crippen molar-refractivity contribution in [1.29, 1.82) is 0 Å². The van der Waals surface area contributed by atoms with Gasteiger partial charge in [0.15, 0.2) is 0 Å². The molecule has 0 aliphatic heterocycles. The Labute approximate surface area is 136 Å². The topological polar surface area (TPSA) is 123 Å². The lowest BCUT2D eigenvalue weighted by atomic mass is 10.1. The molecule has 0 amide bonds. The summed E-state index contributed by atoms with van der Waals surface area (Å²) in [5.74, 6) is -1.85. The van der Waals surface area contributed by atoms with E-state index in [0.717, 1.165) is 6.26 Å². The molecule has 0 fully saturated rings. The quantitative estimate of drug-likeness (QED) is 0.526. The number of aromatic nitrogens is 3. The number of H-pyrrole nitrogens is 1. The predicted molar refractivity (Wildman–Crippen MR) is 80.0 cm³/mol. The van der Waals surface area contributed by atoms with Crippen LogP contribution in [0.25, 0.3) is 0 Å². The highest BCUT2D eigenvalue weighted by Gasteiger charge is 2.24. The Morgan fingerprint density at radius 1 is 1.12 bits per heavy atom. The van der Waals surface area contributed by atoms with Crippen molar-refractivity contribution in [2.75, 3.05) is 0 Å². The number of hydrogen-bond acceptors (Lipinski definition) is 7. The van der Waals surface area contributed by atoms with Crippen molar-refractivity contribution >= 4 is 21.4 Å². The van der Waals surface area contributed by atoms with Gasteiger partial charge in [-0.25, -0.2) is 13.4 Å². The third kappa shape index (κ3) is 3.01. The lowest BCUT2D eigenvalue weighted by Gasteiger charge is -1.99. The number of Topliss-reactive ketones (excluding diaryl/α,β-unsaturated/α-hetero) is 2. The number of benzene rings is 1. The molecule has 3 aromatic rings. The maximum Gasteiger partial charge on any atom is 0.268 e. The average Bonchev–Trinajstić information content (AvgIpc) is 3.27. The first kappa shape index (κ1) is 15.8. The van der Waals surface area contributed by atoms with Gasteiger partial charge in [0.05, 0.1) is 11.3 Å². The van der Waals surface area contributed by atoms with Gasteiger partial charge in [0, 0.05) is 0 Å². The number of nitrogens with one attached hydrogen (secondary N) is 1.